The van der Waals surface area contributed by atoms with Gasteiger partial charge in [0.05, 0.1) is 0 Å². The molecule has 3 aliphatic rings. The summed E-state index contributed by atoms with van der Waals surface area (Å²) in [7, 11) is 0. The zero-order chi connectivity index (χ0) is 14.3. The van der Waals surface area contributed by atoms with Crippen LogP contribution in [0.5, 0.6) is 0 Å². The van der Waals surface area contributed by atoms with E-state index in [-0.39, 0.29) is 0 Å². The third-order valence-corrected chi connectivity index (χ3v) is 7.16. The molecule has 0 radical (unpaired) electrons. The molecule has 2 N–H and O–H groups in total. The van der Waals surface area contributed by atoms with E-state index < -0.39 is 0 Å². The molecule has 3 aliphatic carbocycles. The van der Waals surface area contributed by atoms with E-state index in [1.807, 2.05) is 0 Å². The molecular formula is C19H35N. The van der Waals surface area contributed by atoms with Crippen LogP contribution in [0.2, 0.25) is 0 Å². The van der Waals surface area contributed by atoms with Crippen LogP contribution in [0, 0.1) is 40.9 Å². The van der Waals surface area contributed by atoms with Gasteiger partial charge in [-0.2, -0.15) is 0 Å². The van der Waals surface area contributed by atoms with Crippen molar-refractivity contribution in [1.82, 2.24) is 0 Å². The summed E-state index contributed by atoms with van der Waals surface area (Å²) in [5, 5.41) is 0. The molecule has 1 heteroatoms. The number of hydrogen-bond acceptors (Lipinski definition) is 1. The van der Waals surface area contributed by atoms with Crippen molar-refractivity contribution in [3.8, 4) is 0 Å². The van der Waals surface area contributed by atoms with E-state index in [0.717, 1.165) is 42.1 Å². The van der Waals surface area contributed by atoms with Gasteiger partial charge in [-0.3, -0.25) is 0 Å². The first-order valence-electron chi connectivity index (χ1n) is 9.17. The van der Waals surface area contributed by atoms with Crippen LogP contribution in [0.4, 0.5) is 0 Å². The summed E-state index contributed by atoms with van der Waals surface area (Å²) >= 11 is 0. The first-order valence-corrected chi connectivity index (χ1v) is 9.17. The van der Waals surface area contributed by atoms with Gasteiger partial charge in [0.15, 0.2) is 0 Å². The molecule has 3 saturated carbocycles. The van der Waals surface area contributed by atoms with Gasteiger partial charge in [-0.1, -0.05) is 27.2 Å². The van der Waals surface area contributed by atoms with Gasteiger partial charge >= 0.3 is 0 Å². The van der Waals surface area contributed by atoms with Gasteiger partial charge in [-0.15, -0.1) is 0 Å². The SMILES string of the molecule is CC(C)(C)C1CCC(CN)C(CC2CC3CCC2C3)C1. The Labute approximate surface area is 126 Å². The number of fused-ring (bicyclic) bond motifs is 2. The predicted molar refractivity (Wildman–Crippen MR) is 86.4 cm³/mol. The Balaban J connectivity index is 1.62. The highest BCUT2D eigenvalue weighted by Gasteiger charge is 2.42. The molecule has 0 saturated heterocycles. The van der Waals surface area contributed by atoms with Crippen LogP contribution in [-0.4, -0.2) is 6.54 Å². The first-order chi connectivity index (χ1) is 9.47. The van der Waals surface area contributed by atoms with E-state index >= 15 is 0 Å². The van der Waals surface area contributed by atoms with E-state index in [1.54, 1.807) is 12.8 Å². The lowest BCUT2D eigenvalue weighted by atomic mass is 9.63. The third kappa shape index (κ3) is 2.93. The van der Waals surface area contributed by atoms with E-state index in [9.17, 15) is 0 Å². The molecular weight excluding hydrogens is 242 g/mol. The minimum atomic E-state index is 0.493. The number of nitrogens with two attached hydrogens (primary N) is 1. The lowest BCUT2D eigenvalue weighted by Gasteiger charge is -2.43. The van der Waals surface area contributed by atoms with Crippen LogP contribution < -0.4 is 5.73 Å². The summed E-state index contributed by atoms with van der Waals surface area (Å²) in [4.78, 5) is 0. The molecule has 0 heterocycles. The molecule has 0 aromatic heterocycles. The van der Waals surface area contributed by atoms with Crippen molar-refractivity contribution in [2.24, 2.45) is 46.7 Å². The topological polar surface area (TPSA) is 26.0 Å². The van der Waals surface area contributed by atoms with E-state index in [4.69, 9.17) is 5.73 Å². The standard InChI is InChI=1S/C19H35N/c1-19(2,3)18-7-6-15(12-20)17(11-18)10-16-9-13-4-5-14(16)8-13/h13-18H,4-12,20H2,1-3H3. The molecule has 116 valence electrons. The summed E-state index contributed by atoms with van der Waals surface area (Å²) in [6.45, 7) is 8.25. The Morgan fingerprint density at radius 3 is 2.20 bits per heavy atom. The van der Waals surface area contributed by atoms with Crippen LogP contribution in [0.1, 0.15) is 72.1 Å². The average Bonchev–Trinajstić information content (AvgIpc) is 3.00. The van der Waals surface area contributed by atoms with E-state index in [1.165, 1.54) is 38.5 Å². The summed E-state index contributed by atoms with van der Waals surface area (Å²) in [6.07, 6.45) is 12.0. The van der Waals surface area contributed by atoms with Crippen molar-refractivity contribution >= 4 is 0 Å². The van der Waals surface area contributed by atoms with Crippen molar-refractivity contribution in [2.45, 2.75) is 72.1 Å². The Hall–Kier alpha value is -0.0400. The summed E-state index contributed by atoms with van der Waals surface area (Å²) < 4.78 is 0. The molecule has 6 unspecified atom stereocenters. The summed E-state index contributed by atoms with van der Waals surface area (Å²) in [6, 6.07) is 0. The normalized spacial score (nSPS) is 45.0. The molecule has 0 aromatic rings. The van der Waals surface area contributed by atoms with Gasteiger partial charge in [0.25, 0.3) is 0 Å². The van der Waals surface area contributed by atoms with Gasteiger partial charge in [-0.25, -0.2) is 0 Å². The van der Waals surface area contributed by atoms with Crippen molar-refractivity contribution in [3.63, 3.8) is 0 Å². The molecule has 3 rings (SSSR count). The maximum absolute atomic E-state index is 6.10. The summed E-state index contributed by atoms with van der Waals surface area (Å²) in [5.41, 5.74) is 6.59. The molecule has 20 heavy (non-hydrogen) atoms. The maximum Gasteiger partial charge on any atom is -0.00462 e. The number of rotatable bonds is 3. The Bertz CT molecular complexity index is 329. The molecule has 1 nitrogen and oxygen atoms in total. The average molecular weight is 277 g/mol. The highest BCUT2D eigenvalue weighted by atomic mass is 14.6. The zero-order valence-electron chi connectivity index (χ0n) is 13.9. The second-order valence-electron chi connectivity index (χ2n) is 9.30. The van der Waals surface area contributed by atoms with Crippen molar-refractivity contribution in [3.05, 3.63) is 0 Å². The smallest absolute Gasteiger partial charge is 0.00462 e. The maximum atomic E-state index is 6.10. The Morgan fingerprint density at radius 2 is 1.65 bits per heavy atom. The second-order valence-corrected chi connectivity index (χ2v) is 9.30. The van der Waals surface area contributed by atoms with Gasteiger partial charge in [0, 0.05) is 0 Å². The third-order valence-electron chi connectivity index (χ3n) is 7.16. The lowest BCUT2D eigenvalue weighted by Crippen LogP contribution is -2.36. The highest BCUT2D eigenvalue weighted by Crippen LogP contribution is 2.53. The minimum absolute atomic E-state index is 0.493. The largest absolute Gasteiger partial charge is 0.330 e. The fourth-order valence-corrected chi connectivity index (χ4v) is 5.77. The van der Waals surface area contributed by atoms with Crippen molar-refractivity contribution in [1.29, 1.82) is 0 Å². The lowest BCUT2D eigenvalue weighted by molar-refractivity contribution is 0.0795. The molecule has 3 fully saturated rings. The van der Waals surface area contributed by atoms with Crippen molar-refractivity contribution < 1.29 is 0 Å². The van der Waals surface area contributed by atoms with Gasteiger partial charge in [0.1, 0.15) is 0 Å². The molecule has 0 amide bonds. The van der Waals surface area contributed by atoms with Gasteiger partial charge in [-0.05, 0) is 92.4 Å². The van der Waals surface area contributed by atoms with Crippen LogP contribution in [0.15, 0.2) is 0 Å². The Morgan fingerprint density at radius 1 is 0.850 bits per heavy atom. The fourth-order valence-electron chi connectivity index (χ4n) is 5.77. The molecule has 6 atom stereocenters. The summed E-state index contributed by atoms with van der Waals surface area (Å²) in [5.74, 6) is 5.94. The van der Waals surface area contributed by atoms with Crippen LogP contribution in [0.3, 0.4) is 0 Å². The highest BCUT2D eigenvalue weighted by molar-refractivity contribution is 4.93. The van der Waals surface area contributed by atoms with E-state index in [0.29, 0.717) is 5.41 Å². The molecule has 0 aromatic carbocycles. The van der Waals surface area contributed by atoms with Crippen LogP contribution >= 0.6 is 0 Å². The quantitative estimate of drug-likeness (QED) is 0.784. The molecule has 0 aliphatic heterocycles. The van der Waals surface area contributed by atoms with Gasteiger partial charge in [0.2, 0.25) is 0 Å². The van der Waals surface area contributed by atoms with Gasteiger partial charge < -0.3 is 5.73 Å². The molecule has 0 spiro atoms. The van der Waals surface area contributed by atoms with E-state index in [2.05, 4.69) is 20.8 Å². The van der Waals surface area contributed by atoms with Crippen LogP contribution in [0.25, 0.3) is 0 Å². The predicted octanol–water partition coefficient (Wildman–Crippen LogP) is 4.85. The monoisotopic (exact) mass is 277 g/mol. The minimum Gasteiger partial charge on any atom is -0.330 e. The fraction of sp³-hybridized carbons (Fsp3) is 1.00. The first kappa shape index (κ1) is 14.9. The zero-order valence-corrected chi connectivity index (χ0v) is 13.9. The number of hydrogen-bond donors (Lipinski definition) is 1. The second kappa shape index (κ2) is 5.63. The van der Waals surface area contributed by atoms with Crippen LogP contribution in [-0.2, 0) is 0 Å². The Kier molecular flexibility index (Phi) is 4.19. The molecule has 2 bridgehead atoms. The van der Waals surface area contributed by atoms with Crippen molar-refractivity contribution in [2.75, 3.05) is 6.54 Å².